The molecule has 0 unspecified atom stereocenters. The number of carbonyl (C=O) groups is 2. The molecule has 0 spiro atoms. The number of carbonyl (C=O) groups excluding carboxylic acids is 2. The summed E-state index contributed by atoms with van der Waals surface area (Å²) >= 11 is 1.59. The van der Waals surface area contributed by atoms with E-state index in [9.17, 15) is 9.59 Å². The second-order valence-electron chi connectivity index (χ2n) is 9.51. The molecule has 0 aliphatic heterocycles. The van der Waals surface area contributed by atoms with Crippen molar-refractivity contribution in [3.63, 3.8) is 0 Å². The van der Waals surface area contributed by atoms with E-state index >= 15 is 0 Å². The third-order valence-corrected chi connectivity index (χ3v) is 7.31. The summed E-state index contributed by atoms with van der Waals surface area (Å²) in [6.45, 7) is 8.57. The van der Waals surface area contributed by atoms with Crippen LogP contribution in [0.2, 0.25) is 0 Å². The first-order valence-electron chi connectivity index (χ1n) is 12.7. The van der Waals surface area contributed by atoms with Crippen LogP contribution >= 0.6 is 11.8 Å². The number of nitrogens with zero attached hydrogens (tertiary/aromatic N) is 1. The van der Waals surface area contributed by atoms with Gasteiger partial charge in [0.25, 0.3) is 0 Å². The molecule has 36 heavy (non-hydrogen) atoms. The first kappa shape index (κ1) is 27.5. The molecule has 0 aliphatic carbocycles. The lowest BCUT2D eigenvalue weighted by atomic mass is 10.0. The highest BCUT2D eigenvalue weighted by Crippen LogP contribution is 2.19. The predicted molar refractivity (Wildman–Crippen MR) is 151 cm³/mol. The summed E-state index contributed by atoms with van der Waals surface area (Å²) in [5.74, 6) is 0.959. The van der Waals surface area contributed by atoms with Crippen molar-refractivity contribution in [1.29, 1.82) is 0 Å². The minimum Gasteiger partial charge on any atom is -0.352 e. The molecular formula is C31H38N2O2S. The summed E-state index contributed by atoms with van der Waals surface area (Å²) in [6.07, 6.45) is 1.31. The van der Waals surface area contributed by atoms with Crippen molar-refractivity contribution >= 4 is 23.6 Å². The zero-order valence-electron chi connectivity index (χ0n) is 21.9. The number of benzene rings is 3. The number of rotatable bonds is 12. The van der Waals surface area contributed by atoms with E-state index in [1.807, 2.05) is 62.4 Å². The van der Waals surface area contributed by atoms with Crippen LogP contribution in [0.25, 0.3) is 0 Å². The van der Waals surface area contributed by atoms with Crippen LogP contribution in [0.4, 0.5) is 0 Å². The second kappa shape index (κ2) is 13.9. The van der Waals surface area contributed by atoms with E-state index in [2.05, 4.69) is 49.5 Å². The van der Waals surface area contributed by atoms with Gasteiger partial charge < -0.3 is 10.2 Å². The van der Waals surface area contributed by atoms with Crippen LogP contribution in [-0.2, 0) is 28.3 Å². The van der Waals surface area contributed by atoms with Crippen LogP contribution in [0.1, 0.15) is 48.1 Å². The minimum absolute atomic E-state index is 0.0196. The molecule has 0 aliphatic rings. The number of hydrogen-bond acceptors (Lipinski definition) is 3. The van der Waals surface area contributed by atoms with Gasteiger partial charge in [-0.25, -0.2) is 0 Å². The lowest BCUT2D eigenvalue weighted by Crippen LogP contribution is -2.52. The zero-order chi connectivity index (χ0) is 25.9. The molecule has 3 aromatic rings. The summed E-state index contributed by atoms with van der Waals surface area (Å²) in [7, 11) is 0. The van der Waals surface area contributed by atoms with Gasteiger partial charge in [0.1, 0.15) is 6.04 Å². The molecule has 5 heteroatoms. The average molecular weight is 503 g/mol. The Hall–Kier alpha value is -3.05. The van der Waals surface area contributed by atoms with Crippen LogP contribution in [-0.4, -0.2) is 34.6 Å². The fraction of sp³-hybridized carbons (Fsp3) is 0.355. The highest BCUT2D eigenvalue weighted by Gasteiger charge is 2.30. The van der Waals surface area contributed by atoms with E-state index in [4.69, 9.17) is 0 Å². The van der Waals surface area contributed by atoms with Gasteiger partial charge in [-0.1, -0.05) is 96.9 Å². The van der Waals surface area contributed by atoms with Crippen LogP contribution in [0.15, 0.2) is 78.9 Å². The van der Waals surface area contributed by atoms with E-state index in [0.717, 1.165) is 28.9 Å². The summed E-state index contributed by atoms with van der Waals surface area (Å²) in [5, 5.41) is 3.13. The van der Waals surface area contributed by atoms with Crippen molar-refractivity contribution in [2.24, 2.45) is 0 Å². The van der Waals surface area contributed by atoms with Crippen molar-refractivity contribution in [3.8, 4) is 0 Å². The third kappa shape index (κ3) is 8.56. The first-order valence-corrected chi connectivity index (χ1v) is 13.8. The lowest BCUT2D eigenvalue weighted by molar-refractivity contribution is -0.139. The Balaban J connectivity index is 1.85. The largest absolute Gasteiger partial charge is 0.352 e. The Bertz CT molecular complexity index is 1110. The predicted octanol–water partition coefficient (Wildman–Crippen LogP) is 6.09. The van der Waals surface area contributed by atoms with Crippen molar-refractivity contribution in [2.45, 2.75) is 64.9 Å². The molecule has 2 amide bonds. The van der Waals surface area contributed by atoms with E-state index in [1.165, 1.54) is 11.1 Å². The molecule has 0 heterocycles. The van der Waals surface area contributed by atoms with Gasteiger partial charge in [0, 0.05) is 24.8 Å². The molecule has 0 radical (unpaired) electrons. The molecule has 0 saturated carbocycles. The molecule has 190 valence electrons. The molecular weight excluding hydrogens is 464 g/mol. The zero-order valence-corrected chi connectivity index (χ0v) is 22.7. The molecule has 4 nitrogen and oxygen atoms in total. The Morgan fingerprint density at radius 3 is 2.22 bits per heavy atom. The van der Waals surface area contributed by atoms with Crippen LogP contribution in [0.3, 0.4) is 0 Å². The molecule has 0 saturated heterocycles. The molecule has 1 N–H and O–H groups in total. The Labute approximate surface area is 220 Å². The standard InChI is InChI=1S/C31H38N2O2S/c1-5-25(4)32-31(35)29(19-26-11-7-6-8-12-26)33(20-28-13-9-10-24(3)18-28)30(34)22-36-21-27-16-14-23(2)15-17-27/h6-18,25,29H,5,19-22H2,1-4H3,(H,32,35)/t25-,29-/m0/s1. The van der Waals surface area contributed by atoms with Gasteiger partial charge in [-0.15, -0.1) is 11.8 Å². The van der Waals surface area contributed by atoms with Crippen LogP contribution in [0, 0.1) is 13.8 Å². The smallest absolute Gasteiger partial charge is 0.243 e. The fourth-order valence-electron chi connectivity index (χ4n) is 4.03. The third-order valence-electron chi connectivity index (χ3n) is 6.32. The van der Waals surface area contributed by atoms with Gasteiger partial charge >= 0.3 is 0 Å². The van der Waals surface area contributed by atoms with Crippen molar-refractivity contribution in [3.05, 3.63) is 107 Å². The highest BCUT2D eigenvalue weighted by atomic mass is 32.2. The molecule has 0 aromatic heterocycles. The maximum absolute atomic E-state index is 13.7. The molecule has 2 atom stereocenters. The summed E-state index contributed by atoms with van der Waals surface area (Å²) in [4.78, 5) is 29.0. The number of aryl methyl sites for hydroxylation is 2. The van der Waals surface area contributed by atoms with E-state index in [-0.39, 0.29) is 17.9 Å². The van der Waals surface area contributed by atoms with Crippen molar-refractivity contribution in [1.82, 2.24) is 10.2 Å². The van der Waals surface area contributed by atoms with E-state index in [1.54, 1.807) is 16.7 Å². The van der Waals surface area contributed by atoms with E-state index in [0.29, 0.717) is 18.7 Å². The number of thioether (sulfide) groups is 1. The van der Waals surface area contributed by atoms with Crippen LogP contribution < -0.4 is 5.32 Å². The molecule has 0 bridgehead atoms. The van der Waals surface area contributed by atoms with Gasteiger partial charge in [0.15, 0.2) is 0 Å². The minimum atomic E-state index is -0.589. The maximum atomic E-state index is 13.7. The topological polar surface area (TPSA) is 49.4 Å². The van der Waals surface area contributed by atoms with Crippen LogP contribution in [0.5, 0.6) is 0 Å². The van der Waals surface area contributed by atoms with Crippen molar-refractivity contribution in [2.75, 3.05) is 5.75 Å². The SMILES string of the molecule is CC[C@H](C)NC(=O)[C@H](Cc1ccccc1)N(Cc1cccc(C)c1)C(=O)CSCc1ccc(C)cc1. The van der Waals surface area contributed by atoms with Gasteiger partial charge in [0.2, 0.25) is 11.8 Å². The number of amides is 2. The Morgan fingerprint density at radius 2 is 1.56 bits per heavy atom. The normalized spacial score (nSPS) is 12.6. The summed E-state index contributed by atoms with van der Waals surface area (Å²) < 4.78 is 0. The molecule has 0 fully saturated rings. The highest BCUT2D eigenvalue weighted by molar-refractivity contribution is 7.99. The fourth-order valence-corrected chi connectivity index (χ4v) is 4.90. The van der Waals surface area contributed by atoms with Gasteiger partial charge in [-0.05, 0) is 43.9 Å². The first-order chi connectivity index (χ1) is 17.4. The van der Waals surface area contributed by atoms with E-state index < -0.39 is 6.04 Å². The number of nitrogens with one attached hydrogen (secondary N) is 1. The quantitative estimate of drug-likeness (QED) is 0.326. The number of hydrogen-bond donors (Lipinski definition) is 1. The monoisotopic (exact) mass is 502 g/mol. The Morgan fingerprint density at radius 1 is 0.861 bits per heavy atom. The maximum Gasteiger partial charge on any atom is 0.243 e. The molecule has 3 rings (SSSR count). The average Bonchev–Trinajstić information content (AvgIpc) is 2.87. The molecule has 3 aromatic carbocycles. The lowest BCUT2D eigenvalue weighted by Gasteiger charge is -2.32. The second-order valence-corrected chi connectivity index (χ2v) is 10.5. The summed E-state index contributed by atoms with van der Waals surface area (Å²) in [5.41, 5.74) is 5.62. The van der Waals surface area contributed by atoms with Crippen molar-refractivity contribution < 1.29 is 9.59 Å². The summed E-state index contributed by atoms with van der Waals surface area (Å²) in [6, 6.07) is 26.0. The van der Waals surface area contributed by atoms with Gasteiger partial charge in [-0.3, -0.25) is 9.59 Å². The Kier molecular flexibility index (Phi) is 10.6. The van der Waals surface area contributed by atoms with Gasteiger partial charge in [-0.2, -0.15) is 0 Å². The van der Waals surface area contributed by atoms with Gasteiger partial charge in [0.05, 0.1) is 5.75 Å².